The number of anilines is 1. The van der Waals surface area contributed by atoms with E-state index in [4.69, 9.17) is 11.6 Å². The van der Waals surface area contributed by atoms with Gasteiger partial charge in [-0.05, 0) is 46.9 Å². The van der Waals surface area contributed by atoms with Crippen LogP contribution in [-0.2, 0) is 15.0 Å². The maximum absolute atomic E-state index is 13.8. The van der Waals surface area contributed by atoms with Crippen LogP contribution in [0.4, 0.5) is 5.69 Å². The number of benzene rings is 3. The molecule has 4 aliphatic rings. The van der Waals surface area contributed by atoms with Crippen molar-refractivity contribution in [2.45, 2.75) is 25.2 Å². The first-order chi connectivity index (χ1) is 14.4. The first kappa shape index (κ1) is 17.9. The molecule has 0 radical (unpaired) electrons. The second kappa shape index (κ2) is 5.83. The van der Waals surface area contributed by atoms with Crippen LogP contribution in [0.25, 0.3) is 0 Å². The lowest BCUT2D eigenvalue weighted by molar-refractivity contribution is -0.123. The van der Waals surface area contributed by atoms with E-state index in [1.807, 2.05) is 43.3 Å². The Labute approximate surface area is 180 Å². The number of aryl methyl sites for hydroxylation is 1. The molecule has 30 heavy (non-hydrogen) atoms. The SMILES string of the molecule is Cc1ccc(N2C(=O)[C@@H]3C4c5ccccc5C(C)(c5ccccc54)[C@@H]3C2=O)cc1Cl. The van der Waals surface area contributed by atoms with E-state index in [0.29, 0.717) is 10.7 Å². The molecule has 1 aliphatic heterocycles. The van der Waals surface area contributed by atoms with Crippen molar-refractivity contribution >= 4 is 29.1 Å². The first-order valence-electron chi connectivity index (χ1n) is 10.3. The molecular formula is C26H20ClNO2. The van der Waals surface area contributed by atoms with Crippen LogP contribution in [0.15, 0.2) is 66.7 Å². The van der Waals surface area contributed by atoms with Crippen LogP contribution in [0, 0.1) is 18.8 Å². The molecule has 3 aromatic carbocycles. The Morgan fingerprint density at radius 2 is 1.47 bits per heavy atom. The molecule has 4 heteroatoms. The second-order valence-corrected chi connectivity index (χ2v) is 9.21. The molecular weight excluding hydrogens is 394 g/mol. The van der Waals surface area contributed by atoms with Crippen LogP contribution in [0.1, 0.15) is 40.7 Å². The lowest BCUT2D eigenvalue weighted by Crippen LogP contribution is -2.51. The largest absolute Gasteiger partial charge is 0.274 e. The van der Waals surface area contributed by atoms with Gasteiger partial charge in [-0.1, -0.05) is 73.1 Å². The van der Waals surface area contributed by atoms with Gasteiger partial charge in [0.25, 0.3) is 0 Å². The molecule has 0 spiro atoms. The van der Waals surface area contributed by atoms with E-state index in [9.17, 15) is 9.59 Å². The van der Waals surface area contributed by atoms with Gasteiger partial charge < -0.3 is 0 Å². The molecule has 0 aromatic heterocycles. The molecule has 0 unspecified atom stereocenters. The number of carbonyl (C=O) groups excluding carboxylic acids is 2. The van der Waals surface area contributed by atoms with Gasteiger partial charge in [0.1, 0.15) is 0 Å². The number of carbonyl (C=O) groups is 2. The van der Waals surface area contributed by atoms with Crippen LogP contribution in [0.2, 0.25) is 5.02 Å². The molecule has 148 valence electrons. The summed E-state index contributed by atoms with van der Waals surface area (Å²) in [5.41, 5.74) is 5.62. The predicted octanol–water partition coefficient (Wildman–Crippen LogP) is 5.22. The molecule has 2 atom stereocenters. The zero-order chi connectivity index (χ0) is 20.8. The maximum atomic E-state index is 13.8. The van der Waals surface area contributed by atoms with Crippen molar-refractivity contribution in [2.75, 3.05) is 4.90 Å². The summed E-state index contributed by atoms with van der Waals surface area (Å²) in [5.74, 6) is -1.16. The molecule has 1 heterocycles. The smallest absolute Gasteiger partial charge is 0.238 e. The summed E-state index contributed by atoms with van der Waals surface area (Å²) in [6, 6.07) is 22.0. The summed E-state index contributed by atoms with van der Waals surface area (Å²) >= 11 is 6.33. The fraction of sp³-hybridized carbons (Fsp3) is 0.231. The van der Waals surface area contributed by atoms with Gasteiger partial charge in [-0.2, -0.15) is 0 Å². The monoisotopic (exact) mass is 413 g/mol. The normalized spacial score (nSPS) is 28.4. The van der Waals surface area contributed by atoms with E-state index in [2.05, 4.69) is 31.2 Å². The summed E-state index contributed by atoms with van der Waals surface area (Å²) in [6.45, 7) is 4.04. The quantitative estimate of drug-likeness (QED) is 0.513. The van der Waals surface area contributed by atoms with Crippen LogP contribution in [0.5, 0.6) is 0 Å². The Morgan fingerprint density at radius 1 is 0.867 bits per heavy atom. The molecule has 3 aliphatic carbocycles. The Morgan fingerprint density at radius 3 is 2.07 bits per heavy atom. The van der Waals surface area contributed by atoms with E-state index in [1.165, 1.54) is 27.2 Å². The number of hydrogen-bond donors (Lipinski definition) is 0. The maximum Gasteiger partial charge on any atom is 0.238 e. The lowest BCUT2D eigenvalue weighted by Gasteiger charge is -2.52. The molecule has 1 fully saturated rings. The highest BCUT2D eigenvalue weighted by atomic mass is 35.5. The Kier molecular flexibility index (Phi) is 3.48. The number of nitrogens with zero attached hydrogens (tertiary/aromatic N) is 1. The molecule has 0 saturated carbocycles. The van der Waals surface area contributed by atoms with Crippen LogP contribution < -0.4 is 4.90 Å². The molecule has 2 amide bonds. The second-order valence-electron chi connectivity index (χ2n) is 8.80. The van der Waals surface area contributed by atoms with Crippen molar-refractivity contribution in [1.82, 2.24) is 0 Å². The van der Waals surface area contributed by atoms with Gasteiger partial charge in [0.05, 0.1) is 17.5 Å². The first-order valence-corrected chi connectivity index (χ1v) is 10.6. The van der Waals surface area contributed by atoms with Gasteiger partial charge in [0.2, 0.25) is 11.8 Å². The van der Waals surface area contributed by atoms with Gasteiger partial charge in [0.15, 0.2) is 0 Å². The van der Waals surface area contributed by atoms with Crippen molar-refractivity contribution in [1.29, 1.82) is 0 Å². The molecule has 1 saturated heterocycles. The summed E-state index contributed by atoms with van der Waals surface area (Å²) in [4.78, 5) is 29.0. The Hall–Kier alpha value is -2.91. The zero-order valence-corrected chi connectivity index (χ0v) is 17.5. The predicted molar refractivity (Wildman–Crippen MR) is 117 cm³/mol. The summed E-state index contributed by atoms with van der Waals surface area (Å²) in [7, 11) is 0. The molecule has 3 nitrogen and oxygen atoms in total. The van der Waals surface area contributed by atoms with Crippen molar-refractivity contribution < 1.29 is 9.59 Å². The van der Waals surface area contributed by atoms with Crippen molar-refractivity contribution in [3.63, 3.8) is 0 Å². The Balaban J connectivity index is 1.60. The molecule has 0 N–H and O–H groups in total. The lowest BCUT2D eigenvalue weighted by atomic mass is 9.48. The van der Waals surface area contributed by atoms with Crippen molar-refractivity contribution in [3.05, 3.63) is 99.6 Å². The number of imide groups is 1. The van der Waals surface area contributed by atoms with Crippen LogP contribution >= 0.6 is 11.6 Å². The van der Waals surface area contributed by atoms with E-state index < -0.39 is 17.3 Å². The Bertz CT molecular complexity index is 1220. The topological polar surface area (TPSA) is 37.4 Å². The average molecular weight is 414 g/mol. The van der Waals surface area contributed by atoms with Gasteiger partial charge >= 0.3 is 0 Å². The van der Waals surface area contributed by atoms with Gasteiger partial charge in [-0.25, -0.2) is 4.90 Å². The third-order valence-electron chi connectivity index (χ3n) is 7.46. The highest BCUT2D eigenvalue weighted by Gasteiger charge is 2.66. The van der Waals surface area contributed by atoms with Crippen molar-refractivity contribution in [3.8, 4) is 0 Å². The molecule has 3 aromatic rings. The third-order valence-corrected chi connectivity index (χ3v) is 7.86. The summed E-state index contributed by atoms with van der Waals surface area (Å²) < 4.78 is 0. The van der Waals surface area contributed by atoms with E-state index in [-0.39, 0.29) is 17.7 Å². The van der Waals surface area contributed by atoms with Gasteiger partial charge in [-0.15, -0.1) is 0 Å². The number of halogens is 1. The van der Waals surface area contributed by atoms with Crippen LogP contribution in [-0.4, -0.2) is 11.8 Å². The minimum atomic E-state index is -0.539. The third kappa shape index (κ3) is 1.96. The van der Waals surface area contributed by atoms with E-state index in [0.717, 1.165) is 5.56 Å². The highest BCUT2D eigenvalue weighted by molar-refractivity contribution is 6.32. The minimum absolute atomic E-state index is 0.105. The van der Waals surface area contributed by atoms with E-state index in [1.54, 1.807) is 6.07 Å². The average Bonchev–Trinajstić information content (AvgIpc) is 3.02. The van der Waals surface area contributed by atoms with Crippen LogP contribution in [0.3, 0.4) is 0 Å². The number of hydrogen-bond acceptors (Lipinski definition) is 2. The number of amides is 2. The minimum Gasteiger partial charge on any atom is -0.274 e. The number of rotatable bonds is 1. The van der Waals surface area contributed by atoms with Crippen molar-refractivity contribution in [2.24, 2.45) is 11.8 Å². The van der Waals surface area contributed by atoms with E-state index >= 15 is 0 Å². The van der Waals surface area contributed by atoms with Gasteiger partial charge in [-0.3, -0.25) is 9.59 Å². The molecule has 7 rings (SSSR count). The molecule has 2 bridgehead atoms. The fourth-order valence-electron chi connectivity index (χ4n) is 6.13. The highest BCUT2D eigenvalue weighted by Crippen LogP contribution is 2.64. The standard InChI is InChI=1S/C26H20ClNO2/c1-14-11-12-15(13-20(14)27)28-24(29)22-21-16-7-3-5-9-18(16)26(2,23(22)25(28)30)19-10-6-4-8-17(19)21/h3-13,21-23H,1-2H3/t21?,22-,23+,26?/m1/s1. The summed E-state index contributed by atoms with van der Waals surface area (Å²) in [5, 5.41) is 0.559. The fourth-order valence-corrected chi connectivity index (χ4v) is 6.30. The summed E-state index contributed by atoms with van der Waals surface area (Å²) in [6.07, 6.45) is 0. The van der Waals surface area contributed by atoms with Gasteiger partial charge in [0, 0.05) is 16.4 Å². The zero-order valence-electron chi connectivity index (χ0n) is 16.7.